The first-order valence-corrected chi connectivity index (χ1v) is 4.93. The average Bonchev–Trinajstić information content (AvgIpc) is 2.10. The van der Waals surface area contributed by atoms with Crippen LogP contribution in [0.25, 0.3) is 0 Å². The lowest BCUT2D eigenvalue weighted by molar-refractivity contribution is 0.130. The summed E-state index contributed by atoms with van der Waals surface area (Å²) in [6.45, 7) is 7.74. The van der Waals surface area contributed by atoms with Crippen molar-refractivity contribution >= 4 is 0 Å². The molecule has 0 radical (unpaired) electrons. The lowest BCUT2D eigenvalue weighted by Gasteiger charge is -2.16. The summed E-state index contributed by atoms with van der Waals surface area (Å²) in [6, 6.07) is 0. The van der Waals surface area contributed by atoms with Gasteiger partial charge in [0.05, 0.1) is 6.10 Å². The van der Waals surface area contributed by atoms with E-state index in [1.165, 1.54) is 6.08 Å². The number of hydrogen-bond acceptors (Lipinski definition) is 1. The Labute approximate surface area is 85.0 Å². The molecule has 0 unspecified atom stereocenters. The van der Waals surface area contributed by atoms with Gasteiger partial charge in [0.25, 0.3) is 0 Å². The van der Waals surface area contributed by atoms with Crippen LogP contribution in [0.1, 0.15) is 27.7 Å². The van der Waals surface area contributed by atoms with Gasteiger partial charge in [0.1, 0.15) is 11.6 Å². The predicted octanol–water partition coefficient (Wildman–Crippen LogP) is 3.74. The molecule has 0 bridgehead atoms. The summed E-state index contributed by atoms with van der Waals surface area (Å²) in [4.78, 5) is 0. The third-order valence-corrected chi connectivity index (χ3v) is 1.97. The summed E-state index contributed by atoms with van der Waals surface area (Å²) in [5, 5.41) is 0. The van der Waals surface area contributed by atoms with E-state index < -0.39 is 0 Å². The highest BCUT2D eigenvalue weighted by Gasteiger charge is 2.13. The Hall–Kier alpha value is -1.05. The van der Waals surface area contributed by atoms with E-state index in [0.29, 0.717) is 0 Å². The van der Waals surface area contributed by atoms with Crippen molar-refractivity contribution in [3.05, 3.63) is 35.4 Å². The maximum atomic E-state index is 13.2. The van der Waals surface area contributed by atoms with Crippen LogP contribution >= 0.6 is 0 Å². The molecule has 1 atom stereocenters. The first kappa shape index (κ1) is 11.0. The van der Waals surface area contributed by atoms with Crippen molar-refractivity contribution in [3.8, 4) is 0 Å². The number of halogens is 1. The van der Waals surface area contributed by atoms with Gasteiger partial charge in [0.2, 0.25) is 0 Å². The molecule has 0 heterocycles. The molecule has 1 rings (SSSR count). The lowest BCUT2D eigenvalue weighted by Crippen LogP contribution is -2.07. The molecule has 0 saturated heterocycles. The summed E-state index contributed by atoms with van der Waals surface area (Å²) >= 11 is 0. The highest BCUT2D eigenvalue weighted by Crippen LogP contribution is 2.24. The molecule has 0 fully saturated rings. The largest absolute Gasteiger partial charge is 0.495 e. The van der Waals surface area contributed by atoms with Gasteiger partial charge < -0.3 is 4.74 Å². The van der Waals surface area contributed by atoms with Crippen molar-refractivity contribution in [1.82, 2.24) is 0 Å². The molecule has 1 aliphatic rings. The Balaban J connectivity index is 2.89. The summed E-state index contributed by atoms with van der Waals surface area (Å²) < 4.78 is 18.8. The number of allylic oxidation sites excluding steroid dienone is 5. The molecule has 0 saturated carbocycles. The fraction of sp³-hybridized carbons (Fsp3) is 0.500. The predicted molar refractivity (Wildman–Crippen MR) is 56.4 cm³/mol. The van der Waals surface area contributed by atoms with E-state index in [1.807, 2.05) is 33.8 Å². The van der Waals surface area contributed by atoms with Crippen LogP contribution in [-0.4, -0.2) is 6.10 Å². The smallest absolute Gasteiger partial charge is 0.120 e. The first-order chi connectivity index (χ1) is 6.49. The molecule has 0 N–H and O–H groups in total. The first-order valence-electron chi connectivity index (χ1n) is 4.93. The molecular weight excluding hydrogens is 179 g/mol. The minimum atomic E-state index is -0.186. The van der Waals surface area contributed by atoms with Gasteiger partial charge in [-0.15, -0.1) is 0 Å². The second kappa shape index (κ2) is 4.45. The zero-order valence-electron chi connectivity index (χ0n) is 9.17. The van der Waals surface area contributed by atoms with Crippen LogP contribution in [0.15, 0.2) is 35.4 Å². The van der Waals surface area contributed by atoms with E-state index in [-0.39, 0.29) is 17.8 Å². The molecule has 78 valence electrons. The zero-order chi connectivity index (χ0) is 10.7. The van der Waals surface area contributed by atoms with Gasteiger partial charge in [-0.3, -0.25) is 0 Å². The quantitative estimate of drug-likeness (QED) is 0.653. The third-order valence-electron chi connectivity index (χ3n) is 1.97. The Morgan fingerprint density at radius 1 is 1.36 bits per heavy atom. The van der Waals surface area contributed by atoms with Gasteiger partial charge >= 0.3 is 0 Å². The van der Waals surface area contributed by atoms with Crippen molar-refractivity contribution in [1.29, 1.82) is 0 Å². The van der Waals surface area contributed by atoms with Crippen molar-refractivity contribution < 1.29 is 9.13 Å². The highest BCUT2D eigenvalue weighted by atomic mass is 19.1. The second-order valence-electron chi connectivity index (χ2n) is 3.94. The van der Waals surface area contributed by atoms with E-state index in [9.17, 15) is 4.39 Å². The maximum Gasteiger partial charge on any atom is 0.120 e. The summed E-state index contributed by atoms with van der Waals surface area (Å²) in [7, 11) is 0. The Morgan fingerprint density at radius 2 is 2.00 bits per heavy atom. The van der Waals surface area contributed by atoms with Crippen LogP contribution in [0, 0.1) is 5.92 Å². The molecule has 0 aliphatic heterocycles. The Bertz CT molecular complexity index is 297. The molecule has 0 aromatic carbocycles. The molecule has 2 heteroatoms. The number of ether oxygens (including phenoxy) is 1. The van der Waals surface area contributed by atoms with Gasteiger partial charge in [-0.05, 0) is 44.6 Å². The summed E-state index contributed by atoms with van der Waals surface area (Å²) in [5.74, 6) is 0.654. The fourth-order valence-corrected chi connectivity index (χ4v) is 1.40. The van der Waals surface area contributed by atoms with E-state index in [1.54, 1.807) is 6.08 Å². The number of hydrogen-bond donors (Lipinski definition) is 0. The topological polar surface area (TPSA) is 9.23 Å². The van der Waals surface area contributed by atoms with Gasteiger partial charge in [-0.2, -0.15) is 0 Å². The normalized spacial score (nSPS) is 22.4. The third kappa shape index (κ3) is 3.02. The van der Waals surface area contributed by atoms with Gasteiger partial charge in [-0.25, -0.2) is 4.39 Å². The highest BCUT2D eigenvalue weighted by molar-refractivity contribution is 5.32. The van der Waals surface area contributed by atoms with Gasteiger partial charge in [-0.1, -0.05) is 6.92 Å². The molecule has 0 spiro atoms. The molecular formula is C12H17FO. The van der Waals surface area contributed by atoms with E-state index >= 15 is 0 Å². The SMILES string of the molecule is CC1=CC(F)=C[C@@H](C)C(OC(C)C)=C1. The summed E-state index contributed by atoms with van der Waals surface area (Å²) in [6.07, 6.45) is 5.12. The average molecular weight is 196 g/mol. The zero-order valence-corrected chi connectivity index (χ0v) is 9.17. The molecule has 14 heavy (non-hydrogen) atoms. The van der Waals surface area contributed by atoms with Crippen LogP contribution in [0.5, 0.6) is 0 Å². The van der Waals surface area contributed by atoms with Crippen LogP contribution in [0.4, 0.5) is 4.39 Å². The molecule has 0 aromatic rings. The molecule has 0 amide bonds. The maximum absolute atomic E-state index is 13.2. The minimum Gasteiger partial charge on any atom is -0.495 e. The van der Waals surface area contributed by atoms with Crippen molar-refractivity contribution in [2.45, 2.75) is 33.8 Å². The monoisotopic (exact) mass is 196 g/mol. The van der Waals surface area contributed by atoms with E-state index in [0.717, 1.165) is 11.3 Å². The van der Waals surface area contributed by atoms with Crippen molar-refractivity contribution in [2.75, 3.05) is 0 Å². The van der Waals surface area contributed by atoms with Gasteiger partial charge in [0, 0.05) is 5.92 Å². The minimum absolute atomic E-state index is 0.00565. The van der Waals surface area contributed by atoms with Crippen molar-refractivity contribution in [3.63, 3.8) is 0 Å². The van der Waals surface area contributed by atoms with E-state index in [4.69, 9.17) is 4.74 Å². The van der Waals surface area contributed by atoms with E-state index in [2.05, 4.69) is 0 Å². The van der Waals surface area contributed by atoms with Gasteiger partial charge in [0.15, 0.2) is 0 Å². The van der Waals surface area contributed by atoms with Crippen LogP contribution in [0.2, 0.25) is 0 Å². The standard InChI is InChI=1S/C12H17FO/c1-8(2)14-12-6-9(3)5-11(13)7-10(12)4/h5-8,10H,1-4H3/t10-/m1/s1. The fourth-order valence-electron chi connectivity index (χ4n) is 1.40. The molecule has 1 nitrogen and oxygen atoms in total. The number of rotatable bonds is 2. The second-order valence-corrected chi connectivity index (χ2v) is 3.94. The van der Waals surface area contributed by atoms with Crippen LogP contribution in [-0.2, 0) is 4.74 Å². The molecule has 0 aromatic heterocycles. The Morgan fingerprint density at radius 3 is 2.57 bits per heavy atom. The van der Waals surface area contributed by atoms with Crippen molar-refractivity contribution in [2.24, 2.45) is 5.92 Å². The van der Waals surface area contributed by atoms with Crippen LogP contribution < -0.4 is 0 Å². The Kier molecular flexibility index (Phi) is 3.50. The summed E-state index contributed by atoms with van der Waals surface area (Å²) in [5.41, 5.74) is 0.888. The lowest BCUT2D eigenvalue weighted by atomic mass is 10.1. The van der Waals surface area contributed by atoms with Crippen LogP contribution in [0.3, 0.4) is 0 Å². The molecule has 1 aliphatic carbocycles.